The Morgan fingerprint density at radius 3 is 2.50 bits per heavy atom. The molecule has 78 valence electrons. The molecule has 0 N–H and O–H groups in total. The maximum atomic E-state index is 11.8. The van der Waals surface area contributed by atoms with E-state index in [1.165, 1.54) is 0 Å². The molecule has 0 unspecified atom stereocenters. The largest absolute Gasteiger partial charge is 0.227 e. The first-order valence-corrected chi connectivity index (χ1v) is 7.18. The van der Waals surface area contributed by atoms with Crippen molar-refractivity contribution in [2.24, 2.45) is 10.8 Å². The van der Waals surface area contributed by atoms with Gasteiger partial charge >= 0.3 is 0 Å². The third-order valence-electron chi connectivity index (χ3n) is 4.49. The Bertz CT molecular complexity index is 414. The molecule has 14 heavy (non-hydrogen) atoms. The minimum atomic E-state index is -3.04. The van der Waals surface area contributed by atoms with E-state index in [1.54, 1.807) is 0 Å². The highest BCUT2D eigenvalue weighted by molar-refractivity contribution is 7.93. The molecule has 1 heterocycles. The molecule has 0 bridgehead atoms. The van der Waals surface area contributed by atoms with Crippen LogP contribution in [-0.2, 0) is 9.84 Å². The summed E-state index contributed by atoms with van der Waals surface area (Å²) in [6.07, 6.45) is 8.04. The lowest BCUT2D eigenvalue weighted by Crippen LogP contribution is -2.53. The van der Waals surface area contributed by atoms with Crippen LogP contribution in [0.15, 0.2) is 12.2 Å². The summed E-state index contributed by atoms with van der Waals surface area (Å²) in [5, 5.41) is 0. The van der Waals surface area contributed by atoms with Gasteiger partial charge in [-0.05, 0) is 31.1 Å². The molecule has 1 aliphatic heterocycles. The van der Waals surface area contributed by atoms with Gasteiger partial charge in [0.15, 0.2) is 9.84 Å². The van der Waals surface area contributed by atoms with Crippen molar-refractivity contribution in [3.63, 3.8) is 0 Å². The van der Waals surface area contributed by atoms with E-state index >= 15 is 0 Å². The predicted molar refractivity (Wildman–Crippen MR) is 55.9 cm³/mol. The van der Waals surface area contributed by atoms with Gasteiger partial charge in [0.25, 0.3) is 0 Å². The molecule has 3 atom stereocenters. The third-order valence-corrected chi connectivity index (χ3v) is 7.76. The Balaban J connectivity index is 2.16. The van der Waals surface area contributed by atoms with Crippen molar-refractivity contribution in [3.8, 4) is 0 Å². The average molecular weight is 233 g/mol. The monoisotopic (exact) mass is 232 g/mol. The van der Waals surface area contributed by atoms with Crippen molar-refractivity contribution < 1.29 is 8.42 Å². The summed E-state index contributed by atoms with van der Waals surface area (Å²) < 4.78 is 23.0. The summed E-state index contributed by atoms with van der Waals surface area (Å²) >= 11 is 6.14. The topological polar surface area (TPSA) is 34.1 Å². The van der Waals surface area contributed by atoms with E-state index in [0.29, 0.717) is 5.75 Å². The zero-order valence-electron chi connectivity index (χ0n) is 7.87. The van der Waals surface area contributed by atoms with E-state index < -0.39 is 14.5 Å². The number of alkyl halides is 1. The summed E-state index contributed by atoms with van der Waals surface area (Å²) in [6.45, 7) is 0. The van der Waals surface area contributed by atoms with Gasteiger partial charge in [-0.25, -0.2) is 8.42 Å². The fourth-order valence-corrected chi connectivity index (χ4v) is 6.79. The van der Waals surface area contributed by atoms with Crippen LogP contribution >= 0.6 is 11.6 Å². The quantitative estimate of drug-likeness (QED) is 0.474. The Kier molecular flexibility index (Phi) is 1.57. The van der Waals surface area contributed by atoms with Crippen molar-refractivity contribution in [2.75, 3.05) is 5.75 Å². The molecule has 0 radical (unpaired) electrons. The van der Waals surface area contributed by atoms with Gasteiger partial charge in [-0.1, -0.05) is 12.2 Å². The second-order valence-electron chi connectivity index (χ2n) is 4.94. The highest BCUT2D eigenvalue weighted by Gasteiger charge is 2.71. The summed E-state index contributed by atoms with van der Waals surface area (Å²) in [6, 6.07) is 0. The number of halogens is 1. The van der Waals surface area contributed by atoms with Gasteiger partial charge in [0.05, 0.1) is 5.75 Å². The molecule has 3 aliphatic rings. The molecule has 0 amide bonds. The normalized spacial score (nSPS) is 53.4. The van der Waals surface area contributed by atoms with Crippen molar-refractivity contribution >= 4 is 21.4 Å². The average Bonchev–Trinajstić information content (AvgIpc) is 2.23. The Morgan fingerprint density at radius 1 is 1.21 bits per heavy atom. The highest BCUT2D eigenvalue weighted by atomic mass is 35.5. The summed E-state index contributed by atoms with van der Waals surface area (Å²) in [4.78, 5) is 0. The first-order chi connectivity index (χ1) is 6.53. The van der Waals surface area contributed by atoms with Crippen molar-refractivity contribution in [1.82, 2.24) is 0 Å². The second kappa shape index (κ2) is 2.38. The van der Waals surface area contributed by atoms with Crippen LogP contribution in [0.5, 0.6) is 0 Å². The van der Waals surface area contributed by atoms with E-state index in [1.807, 2.05) is 0 Å². The molecule has 2 fully saturated rings. The number of sulfone groups is 1. The highest BCUT2D eigenvalue weighted by Crippen LogP contribution is 2.71. The van der Waals surface area contributed by atoms with Gasteiger partial charge in [-0.2, -0.15) is 0 Å². The molecular formula is C10H13ClO2S. The van der Waals surface area contributed by atoms with Gasteiger partial charge in [0, 0.05) is 5.41 Å². The molecule has 0 aromatic carbocycles. The Labute approximate surface area is 89.2 Å². The first-order valence-electron chi connectivity index (χ1n) is 5.03. The number of allylic oxidation sites excluding steroid dienone is 2. The van der Waals surface area contributed by atoms with Crippen LogP contribution in [0, 0.1) is 10.8 Å². The molecule has 2 aliphatic carbocycles. The maximum Gasteiger partial charge on any atom is 0.168 e. The third kappa shape index (κ3) is 0.782. The van der Waals surface area contributed by atoms with E-state index in [2.05, 4.69) is 12.2 Å². The summed E-state index contributed by atoms with van der Waals surface area (Å²) in [7, 11) is -3.04. The Morgan fingerprint density at radius 2 is 1.93 bits per heavy atom. The molecule has 0 spiro atoms. The molecule has 1 saturated carbocycles. The molecule has 0 aromatic heterocycles. The van der Waals surface area contributed by atoms with Crippen LogP contribution < -0.4 is 0 Å². The SMILES string of the molecule is O=S1(=O)C[C@]23CC=CC[C@]2(CC3)[C@@H]1Cl. The van der Waals surface area contributed by atoms with Crippen LogP contribution in [0.4, 0.5) is 0 Å². The standard InChI is InChI=1S/C10H13ClO2S/c11-8-10-4-2-1-3-9(10,5-6-10)7-14(8,12)13/h1-2,8H,3-7H2/t8-,9-,10+/m1/s1. The van der Waals surface area contributed by atoms with Crippen LogP contribution in [-0.4, -0.2) is 18.9 Å². The molecule has 4 heteroatoms. The zero-order chi connectivity index (χ0) is 10.0. The van der Waals surface area contributed by atoms with E-state index in [4.69, 9.17) is 11.6 Å². The van der Waals surface area contributed by atoms with Crippen LogP contribution in [0.2, 0.25) is 0 Å². The summed E-state index contributed by atoms with van der Waals surface area (Å²) in [5.74, 6) is 0.318. The van der Waals surface area contributed by atoms with Crippen LogP contribution in [0.3, 0.4) is 0 Å². The van der Waals surface area contributed by atoms with E-state index in [9.17, 15) is 8.42 Å². The maximum absolute atomic E-state index is 11.8. The van der Waals surface area contributed by atoms with Crippen molar-refractivity contribution in [1.29, 1.82) is 0 Å². The molecule has 0 aromatic rings. The lowest BCUT2D eigenvalue weighted by molar-refractivity contribution is -0.0400. The van der Waals surface area contributed by atoms with Crippen LogP contribution in [0.25, 0.3) is 0 Å². The fraction of sp³-hybridized carbons (Fsp3) is 0.800. The fourth-order valence-electron chi connectivity index (χ4n) is 3.55. The van der Waals surface area contributed by atoms with Gasteiger partial charge in [-0.15, -0.1) is 11.6 Å². The van der Waals surface area contributed by atoms with Gasteiger partial charge in [-0.3, -0.25) is 0 Å². The van der Waals surface area contributed by atoms with Crippen LogP contribution in [0.1, 0.15) is 25.7 Å². The second-order valence-corrected chi connectivity index (χ2v) is 7.72. The summed E-state index contributed by atoms with van der Waals surface area (Å²) in [5.41, 5.74) is -0.102. The lowest BCUT2D eigenvalue weighted by atomic mass is 9.47. The number of rotatable bonds is 0. The van der Waals surface area contributed by atoms with E-state index in [0.717, 1.165) is 25.7 Å². The molecule has 3 rings (SSSR count). The van der Waals surface area contributed by atoms with Gasteiger partial charge in [0.2, 0.25) is 0 Å². The minimum absolute atomic E-state index is 0.00694. The minimum Gasteiger partial charge on any atom is -0.227 e. The van der Waals surface area contributed by atoms with E-state index in [-0.39, 0.29) is 10.8 Å². The molecule has 1 saturated heterocycles. The van der Waals surface area contributed by atoms with Gasteiger partial charge in [0.1, 0.15) is 4.71 Å². The number of hydrogen-bond acceptors (Lipinski definition) is 2. The van der Waals surface area contributed by atoms with Crippen molar-refractivity contribution in [3.05, 3.63) is 12.2 Å². The predicted octanol–water partition coefficient (Wildman–Crippen LogP) is 2.10. The number of hydrogen-bond donors (Lipinski definition) is 0. The molecular weight excluding hydrogens is 220 g/mol. The Hall–Kier alpha value is -0.0200. The lowest BCUT2D eigenvalue weighted by Gasteiger charge is -2.57. The smallest absolute Gasteiger partial charge is 0.168 e. The molecule has 2 nitrogen and oxygen atoms in total. The van der Waals surface area contributed by atoms with Gasteiger partial charge < -0.3 is 0 Å². The first kappa shape index (κ1) is 9.22. The van der Waals surface area contributed by atoms with Crippen molar-refractivity contribution in [2.45, 2.75) is 30.4 Å². The zero-order valence-corrected chi connectivity index (χ0v) is 9.44.